The van der Waals surface area contributed by atoms with Crippen LogP contribution in [0, 0.1) is 0 Å². The van der Waals surface area contributed by atoms with E-state index in [-0.39, 0.29) is 6.61 Å². The van der Waals surface area contributed by atoms with E-state index in [1.807, 2.05) is 19.9 Å². The molecule has 0 unspecified atom stereocenters. The van der Waals surface area contributed by atoms with Crippen molar-refractivity contribution in [2.24, 2.45) is 0 Å². The molecule has 1 aromatic carbocycles. The predicted molar refractivity (Wildman–Crippen MR) is 98.3 cm³/mol. The van der Waals surface area contributed by atoms with Gasteiger partial charge in [0.1, 0.15) is 5.82 Å². The lowest BCUT2D eigenvalue weighted by Crippen LogP contribution is -2.06. The highest BCUT2D eigenvalue weighted by Gasteiger charge is 2.30. The van der Waals surface area contributed by atoms with Crippen molar-refractivity contribution in [1.29, 1.82) is 0 Å². The summed E-state index contributed by atoms with van der Waals surface area (Å²) in [6, 6.07) is 6.73. The normalized spacial score (nSPS) is 12.3. The fourth-order valence-corrected chi connectivity index (χ4v) is 2.83. The lowest BCUT2D eigenvalue weighted by atomic mass is 9.96. The molecule has 0 aliphatic heterocycles. The molecule has 0 saturated carbocycles. The van der Waals surface area contributed by atoms with Gasteiger partial charge in [0.25, 0.3) is 0 Å². The zero-order valence-electron chi connectivity index (χ0n) is 14.9. The molecule has 0 spiro atoms. The molecule has 2 N–H and O–H groups in total. The van der Waals surface area contributed by atoms with Gasteiger partial charge in [-0.05, 0) is 60.7 Å². The number of hydrogen-bond acceptors (Lipinski definition) is 3. The van der Waals surface area contributed by atoms with Crippen LogP contribution >= 0.6 is 0 Å². The topological polar surface area (TPSA) is 45.2 Å². The van der Waals surface area contributed by atoms with E-state index in [2.05, 4.69) is 16.4 Å². The summed E-state index contributed by atoms with van der Waals surface area (Å²) in [4.78, 5) is 4.38. The van der Waals surface area contributed by atoms with E-state index in [0.717, 1.165) is 41.7 Å². The third-order valence-corrected chi connectivity index (χ3v) is 4.05. The molecule has 2 rings (SSSR count). The number of benzene rings is 1. The molecular weight excluding hydrogens is 341 g/mol. The molecule has 0 atom stereocenters. The van der Waals surface area contributed by atoms with Crippen molar-refractivity contribution in [3.8, 4) is 0 Å². The minimum atomic E-state index is -4.36. The van der Waals surface area contributed by atoms with Gasteiger partial charge < -0.3 is 10.4 Å². The van der Waals surface area contributed by atoms with Crippen LogP contribution < -0.4 is 5.32 Å². The van der Waals surface area contributed by atoms with Gasteiger partial charge in [0.05, 0.1) is 5.56 Å². The number of nitrogens with zero attached hydrogens (tertiary/aromatic N) is 1. The Labute approximate surface area is 151 Å². The Bertz CT molecular complexity index is 753. The molecule has 0 bridgehead atoms. The van der Waals surface area contributed by atoms with E-state index >= 15 is 0 Å². The smallest absolute Gasteiger partial charge is 0.396 e. The highest BCUT2D eigenvalue weighted by atomic mass is 19.4. The lowest BCUT2D eigenvalue weighted by molar-refractivity contribution is -0.137. The minimum Gasteiger partial charge on any atom is -0.396 e. The fraction of sp³-hybridized carbons (Fsp3) is 0.350. The maximum absolute atomic E-state index is 12.7. The molecule has 0 fully saturated rings. The average Bonchev–Trinajstić information content (AvgIpc) is 2.60. The second-order valence-corrected chi connectivity index (χ2v) is 5.86. The highest BCUT2D eigenvalue weighted by molar-refractivity contribution is 5.79. The number of alkyl halides is 3. The van der Waals surface area contributed by atoms with E-state index in [0.29, 0.717) is 17.9 Å². The molecular formula is C20H23F3N2O. The van der Waals surface area contributed by atoms with Crippen molar-refractivity contribution < 1.29 is 18.3 Å². The minimum absolute atomic E-state index is 0.0137. The van der Waals surface area contributed by atoms with Crippen LogP contribution in [0.2, 0.25) is 0 Å². The van der Waals surface area contributed by atoms with Crippen LogP contribution in [0.5, 0.6) is 0 Å². The van der Waals surface area contributed by atoms with E-state index in [1.165, 1.54) is 12.1 Å². The van der Waals surface area contributed by atoms with E-state index in [4.69, 9.17) is 0 Å². The van der Waals surface area contributed by atoms with Crippen molar-refractivity contribution in [2.75, 3.05) is 11.9 Å². The largest absolute Gasteiger partial charge is 0.416 e. The summed E-state index contributed by atoms with van der Waals surface area (Å²) in [6.07, 6.45) is 1.52. The molecule has 1 heterocycles. The van der Waals surface area contributed by atoms with Gasteiger partial charge in [-0.25, -0.2) is 4.98 Å². The second-order valence-electron chi connectivity index (χ2n) is 5.86. The predicted octanol–water partition coefficient (Wildman–Crippen LogP) is 5.58. The molecule has 0 radical (unpaired) electrons. The molecule has 6 heteroatoms. The first-order valence-corrected chi connectivity index (χ1v) is 8.63. The first kappa shape index (κ1) is 20.0. The van der Waals surface area contributed by atoms with Crippen LogP contribution in [-0.2, 0) is 12.6 Å². The summed E-state index contributed by atoms with van der Waals surface area (Å²) >= 11 is 0. The van der Waals surface area contributed by atoms with Crippen molar-refractivity contribution in [3.05, 3.63) is 59.3 Å². The summed E-state index contributed by atoms with van der Waals surface area (Å²) in [5.74, 6) is 0.581. The summed E-state index contributed by atoms with van der Waals surface area (Å²) < 4.78 is 38.2. The van der Waals surface area contributed by atoms with Gasteiger partial charge in [-0.1, -0.05) is 19.9 Å². The number of halogens is 3. The Kier molecular flexibility index (Phi) is 6.80. The van der Waals surface area contributed by atoms with Gasteiger partial charge >= 0.3 is 6.18 Å². The first-order valence-electron chi connectivity index (χ1n) is 8.63. The summed E-state index contributed by atoms with van der Waals surface area (Å²) in [5.41, 5.74) is 2.80. The molecule has 0 aliphatic carbocycles. The summed E-state index contributed by atoms with van der Waals surface area (Å²) in [7, 11) is 0. The number of aromatic nitrogens is 1. The molecule has 3 nitrogen and oxygen atoms in total. The molecule has 2 aromatic rings. The molecule has 0 aliphatic rings. The van der Waals surface area contributed by atoms with Crippen LogP contribution in [0.15, 0.2) is 42.6 Å². The molecule has 26 heavy (non-hydrogen) atoms. The number of hydrogen-bond donors (Lipinski definition) is 2. The van der Waals surface area contributed by atoms with Crippen LogP contribution in [-0.4, -0.2) is 16.7 Å². The number of allylic oxidation sites excluding steroid dienone is 2. The van der Waals surface area contributed by atoms with Gasteiger partial charge in [-0.2, -0.15) is 13.2 Å². The highest BCUT2D eigenvalue weighted by Crippen LogP contribution is 2.33. The maximum atomic E-state index is 12.7. The van der Waals surface area contributed by atoms with Crippen molar-refractivity contribution in [2.45, 2.75) is 39.3 Å². The number of aliphatic hydroxyl groups excluding tert-OH is 1. The summed E-state index contributed by atoms with van der Waals surface area (Å²) in [5, 5.41) is 12.5. The Balaban J connectivity index is 2.42. The van der Waals surface area contributed by atoms with E-state index in [1.54, 1.807) is 6.20 Å². The van der Waals surface area contributed by atoms with Gasteiger partial charge in [-0.3, -0.25) is 0 Å². The molecule has 0 amide bonds. The standard InChI is InChI=1S/C20H23F3N2O/c1-3-5-14(4-2)18-15(11-13-26)10-12-24-19(18)25-17-8-6-16(7-9-17)20(21,22)23/h5-10,12,26H,3-4,11,13H2,1-2H3,(H,24,25)/b14-5+. The van der Waals surface area contributed by atoms with Gasteiger partial charge in [0.2, 0.25) is 0 Å². The van der Waals surface area contributed by atoms with Crippen molar-refractivity contribution in [1.82, 2.24) is 4.98 Å². The number of rotatable bonds is 7. The molecule has 140 valence electrons. The van der Waals surface area contributed by atoms with E-state index < -0.39 is 11.7 Å². The average molecular weight is 364 g/mol. The van der Waals surface area contributed by atoms with E-state index in [9.17, 15) is 18.3 Å². The fourth-order valence-electron chi connectivity index (χ4n) is 2.83. The van der Waals surface area contributed by atoms with Gasteiger partial charge in [0.15, 0.2) is 0 Å². The monoisotopic (exact) mass is 364 g/mol. The van der Waals surface area contributed by atoms with Crippen molar-refractivity contribution >= 4 is 17.1 Å². The SMILES string of the molecule is CC/C=C(\CC)c1c(CCO)ccnc1Nc1ccc(C(F)(F)F)cc1. The van der Waals surface area contributed by atoms with Gasteiger partial charge in [-0.15, -0.1) is 0 Å². The van der Waals surface area contributed by atoms with Gasteiger partial charge in [0, 0.05) is 24.1 Å². The Morgan fingerprint density at radius 2 is 1.85 bits per heavy atom. The zero-order chi connectivity index (χ0) is 19.2. The molecule has 1 aromatic heterocycles. The zero-order valence-corrected chi connectivity index (χ0v) is 14.9. The Morgan fingerprint density at radius 3 is 2.38 bits per heavy atom. The van der Waals surface area contributed by atoms with Crippen molar-refractivity contribution in [3.63, 3.8) is 0 Å². The Morgan fingerprint density at radius 1 is 1.15 bits per heavy atom. The van der Waals surface area contributed by atoms with Crippen LogP contribution in [0.25, 0.3) is 5.57 Å². The number of pyridine rings is 1. The quantitative estimate of drug-likeness (QED) is 0.674. The van der Waals surface area contributed by atoms with Crippen LogP contribution in [0.3, 0.4) is 0 Å². The number of anilines is 2. The maximum Gasteiger partial charge on any atom is 0.416 e. The third kappa shape index (κ3) is 4.85. The van der Waals surface area contributed by atoms with Crippen LogP contribution in [0.4, 0.5) is 24.7 Å². The summed E-state index contributed by atoms with van der Waals surface area (Å²) in [6.45, 7) is 4.10. The third-order valence-electron chi connectivity index (χ3n) is 4.05. The second kappa shape index (κ2) is 8.85. The number of nitrogens with one attached hydrogen (secondary N) is 1. The molecule has 0 saturated heterocycles. The first-order chi connectivity index (χ1) is 12.4. The van der Waals surface area contributed by atoms with Crippen LogP contribution in [0.1, 0.15) is 43.4 Å². The Hall–Kier alpha value is -2.34. The lowest BCUT2D eigenvalue weighted by Gasteiger charge is -2.17. The number of aliphatic hydroxyl groups is 1.